The summed E-state index contributed by atoms with van der Waals surface area (Å²) >= 11 is 0. The first-order chi connectivity index (χ1) is 9.24. The molecule has 2 aromatic rings. The molecule has 1 aromatic carbocycles. The predicted octanol–water partition coefficient (Wildman–Crippen LogP) is 1.45. The van der Waals surface area contributed by atoms with Gasteiger partial charge in [-0.2, -0.15) is 5.10 Å². The molecule has 0 radical (unpaired) electrons. The Bertz CT molecular complexity index is 593. The summed E-state index contributed by atoms with van der Waals surface area (Å²) in [6, 6.07) is 7.57. The molecule has 1 amide bonds. The van der Waals surface area contributed by atoms with Crippen LogP contribution < -0.4 is 5.32 Å². The largest absolute Gasteiger partial charge is 0.393 e. The predicted molar refractivity (Wildman–Crippen MR) is 71.8 cm³/mol. The van der Waals surface area contributed by atoms with E-state index >= 15 is 0 Å². The molecule has 1 heterocycles. The second-order valence-electron chi connectivity index (χ2n) is 5.16. The van der Waals surface area contributed by atoms with Gasteiger partial charge < -0.3 is 10.4 Å². The van der Waals surface area contributed by atoms with Crippen molar-refractivity contribution in [2.24, 2.45) is 5.92 Å². The van der Waals surface area contributed by atoms with Crippen molar-refractivity contribution in [2.75, 3.05) is 6.54 Å². The van der Waals surface area contributed by atoms with Crippen LogP contribution in [-0.2, 0) is 0 Å². The Morgan fingerprint density at radius 1 is 1.42 bits per heavy atom. The number of amides is 1. The highest BCUT2D eigenvalue weighted by molar-refractivity contribution is 6.04. The van der Waals surface area contributed by atoms with Gasteiger partial charge in [0.05, 0.1) is 11.6 Å². The van der Waals surface area contributed by atoms with Gasteiger partial charge in [0.2, 0.25) is 0 Å². The van der Waals surface area contributed by atoms with Crippen molar-refractivity contribution in [1.82, 2.24) is 15.5 Å². The zero-order chi connectivity index (χ0) is 13.2. The first-order valence-corrected chi connectivity index (χ1v) is 6.63. The summed E-state index contributed by atoms with van der Waals surface area (Å²) < 4.78 is 0. The highest BCUT2D eigenvalue weighted by atomic mass is 16.3. The van der Waals surface area contributed by atoms with Crippen LogP contribution in [0.1, 0.15) is 29.8 Å². The topological polar surface area (TPSA) is 78.0 Å². The molecule has 0 saturated heterocycles. The number of hydrogen-bond acceptors (Lipinski definition) is 3. The van der Waals surface area contributed by atoms with Gasteiger partial charge in [0.25, 0.3) is 5.91 Å². The summed E-state index contributed by atoms with van der Waals surface area (Å²) in [5.74, 6) is 0.225. The number of nitrogens with one attached hydrogen (secondary N) is 2. The smallest absolute Gasteiger partial charge is 0.272 e. The molecule has 100 valence electrons. The normalized spacial score (nSPS) is 22.8. The van der Waals surface area contributed by atoms with Gasteiger partial charge in [0, 0.05) is 11.9 Å². The van der Waals surface area contributed by atoms with Crippen LogP contribution in [0.2, 0.25) is 0 Å². The Morgan fingerprint density at radius 3 is 3.05 bits per heavy atom. The van der Waals surface area contributed by atoms with Gasteiger partial charge in [0.15, 0.2) is 5.69 Å². The van der Waals surface area contributed by atoms with E-state index in [2.05, 4.69) is 15.5 Å². The van der Waals surface area contributed by atoms with Crippen molar-refractivity contribution in [3.05, 3.63) is 30.0 Å². The lowest BCUT2D eigenvalue weighted by Crippen LogP contribution is -2.29. The Labute approximate surface area is 111 Å². The fourth-order valence-corrected chi connectivity index (χ4v) is 2.69. The fourth-order valence-electron chi connectivity index (χ4n) is 2.69. The third-order valence-electron chi connectivity index (χ3n) is 3.75. The molecule has 1 aliphatic rings. The van der Waals surface area contributed by atoms with E-state index in [0.29, 0.717) is 18.2 Å². The number of carbonyl (C=O) groups is 1. The summed E-state index contributed by atoms with van der Waals surface area (Å²) in [5.41, 5.74) is 1.30. The molecule has 3 N–H and O–H groups in total. The number of aromatic nitrogens is 2. The minimum Gasteiger partial charge on any atom is -0.393 e. The maximum atomic E-state index is 12.1. The Balaban J connectivity index is 1.67. The average molecular weight is 259 g/mol. The lowest BCUT2D eigenvalue weighted by atomic mass is 10.1. The molecular formula is C14H17N3O2. The first-order valence-electron chi connectivity index (χ1n) is 6.63. The molecule has 1 fully saturated rings. The molecule has 0 aliphatic heterocycles. The Kier molecular flexibility index (Phi) is 3.21. The molecule has 2 unspecified atom stereocenters. The summed E-state index contributed by atoms with van der Waals surface area (Å²) in [6.45, 7) is 0.608. The zero-order valence-electron chi connectivity index (χ0n) is 10.6. The van der Waals surface area contributed by atoms with Crippen LogP contribution in [0.5, 0.6) is 0 Å². The number of para-hydroxylation sites is 1. The fraction of sp³-hybridized carbons (Fsp3) is 0.429. The van der Waals surface area contributed by atoms with Crippen LogP contribution in [0.4, 0.5) is 0 Å². The molecular weight excluding hydrogens is 242 g/mol. The third kappa shape index (κ3) is 2.46. The van der Waals surface area contributed by atoms with E-state index < -0.39 is 0 Å². The number of aliphatic hydroxyl groups is 1. The Morgan fingerprint density at radius 2 is 2.26 bits per heavy atom. The number of carbonyl (C=O) groups excluding carboxylic acids is 1. The number of fused-ring (bicyclic) bond motifs is 1. The van der Waals surface area contributed by atoms with Gasteiger partial charge in [0.1, 0.15) is 0 Å². The molecule has 0 bridgehead atoms. The first kappa shape index (κ1) is 12.2. The van der Waals surface area contributed by atoms with E-state index in [-0.39, 0.29) is 12.0 Å². The second kappa shape index (κ2) is 5.01. The summed E-state index contributed by atoms with van der Waals surface area (Å²) in [7, 11) is 0. The number of benzene rings is 1. The van der Waals surface area contributed by atoms with Gasteiger partial charge in [-0.3, -0.25) is 9.89 Å². The molecule has 5 nitrogen and oxygen atoms in total. The van der Waals surface area contributed by atoms with Crippen molar-refractivity contribution in [3.63, 3.8) is 0 Å². The number of aromatic amines is 1. The lowest BCUT2D eigenvalue weighted by Gasteiger charge is -2.09. The third-order valence-corrected chi connectivity index (χ3v) is 3.75. The van der Waals surface area contributed by atoms with Crippen LogP contribution in [-0.4, -0.2) is 33.9 Å². The van der Waals surface area contributed by atoms with Crippen LogP contribution in [0.25, 0.3) is 10.9 Å². The maximum Gasteiger partial charge on any atom is 0.272 e. The minimum atomic E-state index is -0.201. The summed E-state index contributed by atoms with van der Waals surface area (Å²) in [5, 5.41) is 20.1. The number of H-pyrrole nitrogens is 1. The second-order valence-corrected chi connectivity index (χ2v) is 5.16. The molecule has 1 aromatic heterocycles. The maximum absolute atomic E-state index is 12.1. The van der Waals surface area contributed by atoms with E-state index in [4.69, 9.17) is 0 Å². The van der Waals surface area contributed by atoms with E-state index in [1.165, 1.54) is 0 Å². The van der Waals surface area contributed by atoms with E-state index in [1.54, 1.807) is 0 Å². The van der Waals surface area contributed by atoms with Crippen LogP contribution in [0, 0.1) is 5.92 Å². The highest BCUT2D eigenvalue weighted by Gasteiger charge is 2.23. The van der Waals surface area contributed by atoms with Crippen LogP contribution >= 0.6 is 0 Å². The van der Waals surface area contributed by atoms with Crippen molar-refractivity contribution in [3.8, 4) is 0 Å². The van der Waals surface area contributed by atoms with Crippen LogP contribution in [0.15, 0.2) is 24.3 Å². The minimum absolute atomic E-state index is 0.154. The van der Waals surface area contributed by atoms with Gasteiger partial charge in [-0.25, -0.2) is 0 Å². The standard InChI is InChI=1S/C14H17N3O2/c18-10-6-5-9(7-10)8-15-14(19)13-11-3-1-2-4-12(11)16-17-13/h1-4,9-10,18H,5-8H2,(H,15,19)(H,16,17). The number of nitrogens with zero attached hydrogens (tertiary/aromatic N) is 1. The number of hydrogen-bond donors (Lipinski definition) is 3. The monoisotopic (exact) mass is 259 g/mol. The van der Waals surface area contributed by atoms with Crippen LogP contribution in [0.3, 0.4) is 0 Å². The van der Waals surface area contributed by atoms with Gasteiger partial charge in [-0.05, 0) is 31.2 Å². The lowest BCUT2D eigenvalue weighted by molar-refractivity contribution is 0.0941. The van der Waals surface area contributed by atoms with Crippen molar-refractivity contribution < 1.29 is 9.90 Å². The number of aliphatic hydroxyl groups excluding tert-OH is 1. The van der Waals surface area contributed by atoms with Crippen molar-refractivity contribution >= 4 is 16.8 Å². The quantitative estimate of drug-likeness (QED) is 0.780. The number of rotatable bonds is 3. The molecule has 1 saturated carbocycles. The van der Waals surface area contributed by atoms with Crippen molar-refractivity contribution in [2.45, 2.75) is 25.4 Å². The molecule has 1 aliphatic carbocycles. The molecule has 19 heavy (non-hydrogen) atoms. The van der Waals surface area contributed by atoms with Gasteiger partial charge >= 0.3 is 0 Å². The highest BCUT2D eigenvalue weighted by Crippen LogP contribution is 2.24. The molecule has 5 heteroatoms. The summed E-state index contributed by atoms with van der Waals surface area (Å²) in [4.78, 5) is 12.1. The van der Waals surface area contributed by atoms with Gasteiger partial charge in [-0.15, -0.1) is 0 Å². The Hall–Kier alpha value is -1.88. The zero-order valence-corrected chi connectivity index (χ0v) is 10.6. The average Bonchev–Trinajstić information content (AvgIpc) is 3.02. The molecule has 3 rings (SSSR count). The SMILES string of the molecule is O=C(NCC1CCC(O)C1)c1n[nH]c2ccccc12. The van der Waals surface area contributed by atoms with E-state index in [0.717, 1.165) is 30.2 Å². The van der Waals surface area contributed by atoms with Gasteiger partial charge in [-0.1, -0.05) is 18.2 Å². The van der Waals surface area contributed by atoms with E-state index in [9.17, 15) is 9.90 Å². The molecule has 2 atom stereocenters. The van der Waals surface area contributed by atoms with E-state index in [1.807, 2.05) is 24.3 Å². The molecule has 0 spiro atoms. The van der Waals surface area contributed by atoms with Crippen molar-refractivity contribution in [1.29, 1.82) is 0 Å². The summed E-state index contributed by atoms with van der Waals surface area (Å²) in [6.07, 6.45) is 2.39.